The van der Waals surface area contributed by atoms with Gasteiger partial charge in [0.1, 0.15) is 0 Å². The number of aromatic nitrogens is 1. The molecule has 0 saturated carbocycles. The van der Waals surface area contributed by atoms with Gasteiger partial charge in [0.2, 0.25) is 11.8 Å². The Hall–Kier alpha value is -3.34. The van der Waals surface area contributed by atoms with E-state index in [-0.39, 0.29) is 5.56 Å². The van der Waals surface area contributed by atoms with Crippen molar-refractivity contribution in [3.63, 3.8) is 0 Å². The van der Waals surface area contributed by atoms with Gasteiger partial charge in [-0.1, -0.05) is 209 Å². The summed E-state index contributed by atoms with van der Waals surface area (Å²) in [7, 11) is 0. The van der Waals surface area contributed by atoms with Gasteiger partial charge >= 0.3 is 5.97 Å². The maximum absolute atomic E-state index is 12.6. The van der Waals surface area contributed by atoms with Gasteiger partial charge in [-0.05, 0) is 122 Å². The minimum absolute atomic E-state index is 0.279. The Labute approximate surface area is 402 Å². The van der Waals surface area contributed by atoms with Crippen molar-refractivity contribution in [2.45, 2.75) is 258 Å². The number of ether oxygens (including phenoxy) is 2. The molecule has 0 aliphatic carbocycles. The fourth-order valence-electron chi connectivity index (χ4n) is 7.97. The molecule has 0 bridgehead atoms. The van der Waals surface area contributed by atoms with E-state index in [1.54, 1.807) is 6.07 Å². The number of aromatic carboxylic acids is 1. The minimum Gasteiger partial charge on any atom is -0.478 e. The van der Waals surface area contributed by atoms with E-state index in [2.05, 4.69) is 93.7 Å². The number of nitrogens with zero attached hydrogens (tertiary/aromatic N) is 1. The predicted octanol–water partition coefficient (Wildman–Crippen LogP) is 19.5. The van der Waals surface area contributed by atoms with Crippen molar-refractivity contribution in [1.82, 2.24) is 4.98 Å². The smallest absolute Gasteiger partial charge is 0.336 e. The van der Waals surface area contributed by atoms with Crippen LogP contribution in [-0.4, -0.2) is 29.3 Å². The third-order valence-corrected chi connectivity index (χ3v) is 12.1. The number of hydrogen-bond acceptors (Lipinski definition) is 4. The van der Waals surface area contributed by atoms with Gasteiger partial charge in [-0.15, -0.1) is 0 Å². The zero-order chi connectivity index (χ0) is 46.8. The molecule has 5 nitrogen and oxygen atoms in total. The normalized spacial score (nSPS) is 12.2. The highest BCUT2D eigenvalue weighted by Crippen LogP contribution is 2.28. The van der Waals surface area contributed by atoms with Crippen LogP contribution in [0.15, 0.2) is 79.0 Å². The zero-order valence-electron chi connectivity index (χ0n) is 42.7. The number of carboxylic acid groups (broad SMARTS) is 1. The predicted molar refractivity (Wildman–Crippen MR) is 284 cm³/mol. The Bertz CT molecular complexity index is 1390. The number of pyridine rings is 1. The van der Waals surface area contributed by atoms with Crippen molar-refractivity contribution >= 4 is 5.97 Å². The maximum atomic E-state index is 12.6. The van der Waals surface area contributed by atoms with E-state index in [4.69, 9.17) is 14.5 Å². The Morgan fingerprint density at radius 2 is 0.754 bits per heavy atom. The molecule has 1 aromatic rings. The number of hydrogen-bond donors (Lipinski definition) is 1. The van der Waals surface area contributed by atoms with Crippen molar-refractivity contribution in [2.24, 2.45) is 0 Å². The van der Waals surface area contributed by atoms with Crippen LogP contribution in [0, 0.1) is 0 Å². The molecule has 370 valence electrons. The van der Waals surface area contributed by atoms with Crippen molar-refractivity contribution in [1.29, 1.82) is 0 Å². The number of allylic oxidation sites excluding steroid dienone is 12. The van der Waals surface area contributed by atoms with Gasteiger partial charge in [-0.25, -0.2) is 4.79 Å². The molecular formula is C60H101NO4. The van der Waals surface area contributed by atoms with Gasteiger partial charge in [0.05, 0.1) is 18.8 Å². The molecular weight excluding hydrogens is 799 g/mol. The standard InChI is InChI=1S/C60H101NO4/c1-4-7-10-13-16-19-22-25-28-31-34-37-40-43-46-49-52-56-57(60(62)63)55-58(64-53-50-47-44-41-38-35-32-29-26-23-20-17-14-11-8-5-2)61-59(56)65-54-51-48-45-42-39-36-33-30-27-24-21-18-15-12-9-6-3/h16-21,25-30,55H,4-15,22-24,31-54H2,1-3H3,(H,62,63)/b19-16?,20-17-,21-18-,28-25?,29-26-,30-27-. The topological polar surface area (TPSA) is 68.7 Å². The number of rotatable bonds is 48. The Morgan fingerprint density at radius 1 is 0.431 bits per heavy atom. The van der Waals surface area contributed by atoms with Crippen LogP contribution in [-0.2, 0) is 6.42 Å². The summed E-state index contributed by atoms with van der Waals surface area (Å²) in [5.41, 5.74) is 1.00. The van der Waals surface area contributed by atoms with Crippen molar-refractivity contribution in [3.05, 3.63) is 90.1 Å². The average Bonchev–Trinajstić information content (AvgIpc) is 3.31. The summed E-state index contributed by atoms with van der Waals surface area (Å²) < 4.78 is 12.4. The second-order valence-electron chi connectivity index (χ2n) is 18.3. The third-order valence-electron chi connectivity index (χ3n) is 12.1. The van der Waals surface area contributed by atoms with Crippen LogP contribution >= 0.6 is 0 Å². The summed E-state index contributed by atoms with van der Waals surface area (Å²) in [4.78, 5) is 17.4. The molecule has 5 heteroatoms. The molecule has 65 heavy (non-hydrogen) atoms. The van der Waals surface area contributed by atoms with E-state index in [0.29, 0.717) is 31.4 Å². The zero-order valence-corrected chi connectivity index (χ0v) is 42.7. The van der Waals surface area contributed by atoms with Gasteiger partial charge in [0.25, 0.3) is 0 Å². The number of carboxylic acids is 1. The molecule has 0 radical (unpaired) electrons. The van der Waals surface area contributed by atoms with Crippen molar-refractivity contribution in [3.8, 4) is 11.8 Å². The third kappa shape index (κ3) is 39.5. The molecule has 0 aliphatic heterocycles. The lowest BCUT2D eigenvalue weighted by atomic mass is 10.0. The highest BCUT2D eigenvalue weighted by molar-refractivity contribution is 5.90. The first-order valence-electron chi connectivity index (χ1n) is 27.6. The van der Waals surface area contributed by atoms with Crippen LogP contribution in [0.4, 0.5) is 0 Å². The molecule has 0 atom stereocenters. The van der Waals surface area contributed by atoms with Crippen molar-refractivity contribution < 1.29 is 19.4 Å². The van der Waals surface area contributed by atoms with Crippen LogP contribution in [0.3, 0.4) is 0 Å². The highest BCUT2D eigenvalue weighted by atomic mass is 16.5. The average molecular weight is 900 g/mol. The van der Waals surface area contributed by atoms with Crippen LogP contribution in [0.2, 0.25) is 0 Å². The van der Waals surface area contributed by atoms with E-state index in [0.717, 1.165) is 82.6 Å². The summed E-state index contributed by atoms with van der Waals surface area (Å²) in [5.74, 6) is -0.0977. The lowest BCUT2D eigenvalue weighted by Gasteiger charge is -2.16. The van der Waals surface area contributed by atoms with Crippen LogP contribution < -0.4 is 9.47 Å². The molecule has 0 amide bonds. The molecule has 1 rings (SSSR count). The molecule has 0 fully saturated rings. The van der Waals surface area contributed by atoms with Gasteiger partial charge in [0, 0.05) is 11.6 Å². The SMILES string of the molecule is CCCCCC=CCC=CCCCCCCCCc1c(C(=O)O)cc(OCCCCCCCC/C=C\C/C=C\CCCCC)nc1OCCCCCCCC/C=C\C/C=C\CCCCC. The Kier molecular flexibility index (Phi) is 44.6. The summed E-state index contributed by atoms with van der Waals surface area (Å²) >= 11 is 0. The molecule has 0 saturated heterocycles. The van der Waals surface area contributed by atoms with Crippen molar-refractivity contribution in [2.75, 3.05) is 13.2 Å². The largest absolute Gasteiger partial charge is 0.478 e. The maximum Gasteiger partial charge on any atom is 0.336 e. The van der Waals surface area contributed by atoms with E-state index in [1.807, 2.05) is 0 Å². The summed E-state index contributed by atoms with van der Waals surface area (Å²) in [6, 6.07) is 1.64. The molecule has 1 aromatic heterocycles. The molecule has 1 heterocycles. The summed E-state index contributed by atoms with van der Waals surface area (Å²) in [6.45, 7) is 7.85. The lowest BCUT2D eigenvalue weighted by molar-refractivity contribution is 0.0693. The molecule has 0 aromatic carbocycles. The molecule has 1 N–H and O–H groups in total. The van der Waals surface area contributed by atoms with E-state index in [1.165, 1.54) is 154 Å². The van der Waals surface area contributed by atoms with Crippen LogP contribution in [0.5, 0.6) is 11.8 Å². The molecule has 0 spiro atoms. The van der Waals surface area contributed by atoms with Gasteiger partial charge in [-0.2, -0.15) is 4.98 Å². The van der Waals surface area contributed by atoms with Gasteiger partial charge in [0.15, 0.2) is 0 Å². The first-order valence-corrected chi connectivity index (χ1v) is 27.6. The second-order valence-corrected chi connectivity index (χ2v) is 18.3. The highest BCUT2D eigenvalue weighted by Gasteiger charge is 2.20. The quantitative estimate of drug-likeness (QED) is 0.0521. The van der Waals surface area contributed by atoms with E-state index in [9.17, 15) is 9.90 Å². The summed E-state index contributed by atoms with van der Waals surface area (Å²) in [6.07, 6.45) is 71.3. The minimum atomic E-state index is -0.931. The number of unbranched alkanes of at least 4 members (excludes halogenated alkanes) is 27. The fourth-order valence-corrected chi connectivity index (χ4v) is 7.97. The first-order chi connectivity index (χ1) is 32.1. The molecule has 0 unspecified atom stereocenters. The Balaban J connectivity index is 2.53. The van der Waals surface area contributed by atoms with Gasteiger partial charge < -0.3 is 14.6 Å². The monoisotopic (exact) mass is 900 g/mol. The van der Waals surface area contributed by atoms with E-state index < -0.39 is 5.97 Å². The summed E-state index contributed by atoms with van der Waals surface area (Å²) in [5, 5.41) is 10.3. The second kappa shape index (κ2) is 48.6. The Morgan fingerprint density at radius 3 is 1.12 bits per heavy atom. The van der Waals surface area contributed by atoms with Gasteiger partial charge in [-0.3, -0.25) is 0 Å². The lowest BCUT2D eigenvalue weighted by Crippen LogP contribution is -2.11. The number of carbonyl (C=O) groups is 1. The van der Waals surface area contributed by atoms with Crippen LogP contribution in [0.1, 0.15) is 268 Å². The fraction of sp³-hybridized carbons (Fsp3) is 0.700. The van der Waals surface area contributed by atoms with E-state index >= 15 is 0 Å². The first kappa shape index (κ1) is 59.7. The molecule has 0 aliphatic rings. The van der Waals surface area contributed by atoms with Crippen LogP contribution in [0.25, 0.3) is 0 Å².